The fraction of sp³-hybridized carbons (Fsp3) is 1.00. The van der Waals surface area contributed by atoms with Gasteiger partial charge in [0.2, 0.25) is 0 Å². The van der Waals surface area contributed by atoms with Crippen LogP contribution in [-0.4, -0.2) is 50.3 Å². The minimum Gasteiger partial charge on any atom is -0.378 e. The van der Waals surface area contributed by atoms with Gasteiger partial charge in [-0.2, -0.15) is 0 Å². The van der Waals surface area contributed by atoms with Crippen molar-refractivity contribution in [3.63, 3.8) is 0 Å². The molecule has 0 aromatic carbocycles. The number of nitrogens with one attached hydrogen (secondary N) is 1. The van der Waals surface area contributed by atoms with Crippen LogP contribution in [0.3, 0.4) is 0 Å². The molecule has 0 aliphatic carbocycles. The summed E-state index contributed by atoms with van der Waals surface area (Å²) < 4.78 is 5.74. The van der Waals surface area contributed by atoms with Gasteiger partial charge in [0, 0.05) is 12.1 Å². The summed E-state index contributed by atoms with van der Waals surface area (Å²) in [6.45, 7) is 11.7. The van der Waals surface area contributed by atoms with E-state index in [1.54, 1.807) is 0 Å². The lowest BCUT2D eigenvalue weighted by Crippen LogP contribution is -2.37. The lowest BCUT2D eigenvalue weighted by molar-refractivity contribution is 0.0547. The summed E-state index contributed by atoms with van der Waals surface area (Å²) in [5.41, 5.74) is 0.213. The first-order valence-electron chi connectivity index (χ1n) is 6.32. The highest BCUT2D eigenvalue weighted by Crippen LogP contribution is 2.02. The van der Waals surface area contributed by atoms with Crippen molar-refractivity contribution < 1.29 is 4.74 Å². The van der Waals surface area contributed by atoms with Crippen LogP contribution in [0, 0.1) is 0 Å². The van der Waals surface area contributed by atoms with Crippen LogP contribution >= 0.6 is 0 Å². The third-order valence-electron chi connectivity index (χ3n) is 2.36. The van der Waals surface area contributed by atoms with Crippen molar-refractivity contribution in [3.8, 4) is 0 Å². The summed E-state index contributed by atoms with van der Waals surface area (Å²) in [5, 5.41) is 3.47. The zero-order chi connectivity index (χ0) is 12.6. The van der Waals surface area contributed by atoms with Crippen LogP contribution in [0.15, 0.2) is 0 Å². The minimum atomic E-state index is 0.213. The fourth-order valence-electron chi connectivity index (χ4n) is 1.40. The largest absolute Gasteiger partial charge is 0.378 e. The average Bonchev–Trinajstić information content (AvgIpc) is 2.10. The minimum absolute atomic E-state index is 0.213. The van der Waals surface area contributed by atoms with Crippen molar-refractivity contribution in [2.45, 2.75) is 52.2 Å². The van der Waals surface area contributed by atoms with E-state index in [0.717, 1.165) is 32.5 Å². The number of nitrogens with zero attached hydrogens (tertiary/aromatic N) is 1. The van der Waals surface area contributed by atoms with Gasteiger partial charge in [-0.15, -0.1) is 0 Å². The molecule has 1 N–H and O–H groups in total. The first-order chi connectivity index (χ1) is 7.31. The van der Waals surface area contributed by atoms with E-state index in [9.17, 15) is 0 Å². The molecule has 0 amide bonds. The Kier molecular flexibility index (Phi) is 7.98. The van der Waals surface area contributed by atoms with Crippen LogP contribution in [0.2, 0.25) is 0 Å². The monoisotopic (exact) mass is 230 g/mol. The zero-order valence-corrected chi connectivity index (χ0v) is 12.0. The summed E-state index contributed by atoms with van der Waals surface area (Å²) >= 11 is 0. The molecule has 3 nitrogen and oxygen atoms in total. The molecule has 3 heteroatoms. The third-order valence-corrected chi connectivity index (χ3v) is 2.36. The first-order valence-corrected chi connectivity index (χ1v) is 6.32. The van der Waals surface area contributed by atoms with Crippen LogP contribution in [0.5, 0.6) is 0 Å². The highest BCUT2D eigenvalue weighted by atomic mass is 16.5. The third kappa shape index (κ3) is 12.0. The van der Waals surface area contributed by atoms with Gasteiger partial charge in [-0.1, -0.05) is 0 Å². The van der Waals surface area contributed by atoms with Gasteiger partial charge in [0.1, 0.15) is 0 Å². The Balaban J connectivity index is 3.35. The summed E-state index contributed by atoms with van der Waals surface area (Å²) in [6, 6.07) is 0. The van der Waals surface area contributed by atoms with Gasteiger partial charge in [0.05, 0.1) is 6.10 Å². The maximum Gasteiger partial charge on any atom is 0.0559 e. The molecule has 0 radical (unpaired) electrons. The molecule has 0 saturated heterocycles. The van der Waals surface area contributed by atoms with Gasteiger partial charge in [-0.3, -0.25) is 0 Å². The van der Waals surface area contributed by atoms with E-state index in [1.165, 1.54) is 0 Å². The van der Waals surface area contributed by atoms with E-state index in [1.807, 2.05) is 0 Å². The number of hydrogen-bond donors (Lipinski definition) is 1. The molecule has 0 aliphatic heterocycles. The molecule has 0 bridgehead atoms. The Morgan fingerprint density at radius 2 is 1.88 bits per heavy atom. The Morgan fingerprint density at radius 1 is 1.25 bits per heavy atom. The Bertz CT molecular complexity index is 164. The molecule has 0 aromatic heterocycles. The molecule has 0 fully saturated rings. The molecule has 0 saturated carbocycles. The predicted octanol–water partition coefficient (Wildman–Crippen LogP) is 2.12. The molecular formula is C13H30N2O. The summed E-state index contributed by atoms with van der Waals surface area (Å²) in [5.74, 6) is 0. The molecule has 0 aliphatic rings. The first kappa shape index (κ1) is 15.9. The molecule has 0 heterocycles. The summed E-state index contributed by atoms with van der Waals surface area (Å²) in [7, 11) is 4.19. The van der Waals surface area contributed by atoms with E-state index in [-0.39, 0.29) is 5.54 Å². The molecule has 1 atom stereocenters. The van der Waals surface area contributed by atoms with Gasteiger partial charge in [0.15, 0.2) is 0 Å². The quantitative estimate of drug-likeness (QED) is 0.646. The standard InChI is InChI=1S/C13H30N2O/c1-12(8-9-14-13(2,3)4)16-11-7-10-15(5)6/h12,14H,7-11H2,1-6H3. The molecular weight excluding hydrogens is 200 g/mol. The molecule has 0 spiro atoms. The fourth-order valence-corrected chi connectivity index (χ4v) is 1.40. The zero-order valence-electron chi connectivity index (χ0n) is 12.0. The number of ether oxygens (including phenoxy) is 1. The van der Waals surface area contributed by atoms with Crippen LogP contribution in [-0.2, 0) is 4.74 Å². The highest BCUT2D eigenvalue weighted by Gasteiger charge is 2.09. The van der Waals surface area contributed by atoms with Gasteiger partial charge < -0.3 is 15.0 Å². The second-order valence-corrected chi connectivity index (χ2v) is 5.80. The Labute approximate surface area is 102 Å². The van der Waals surface area contributed by atoms with Crippen molar-refractivity contribution in [2.24, 2.45) is 0 Å². The van der Waals surface area contributed by atoms with E-state index in [2.05, 4.69) is 52.0 Å². The molecule has 98 valence electrons. The lowest BCUT2D eigenvalue weighted by atomic mass is 10.1. The smallest absolute Gasteiger partial charge is 0.0559 e. The second kappa shape index (κ2) is 8.04. The summed E-state index contributed by atoms with van der Waals surface area (Å²) in [4.78, 5) is 2.19. The lowest BCUT2D eigenvalue weighted by Gasteiger charge is -2.22. The maximum atomic E-state index is 5.74. The second-order valence-electron chi connectivity index (χ2n) is 5.80. The van der Waals surface area contributed by atoms with Crippen molar-refractivity contribution >= 4 is 0 Å². The van der Waals surface area contributed by atoms with Crippen LogP contribution in [0.25, 0.3) is 0 Å². The molecule has 1 unspecified atom stereocenters. The normalized spacial score (nSPS) is 14.4. The van der Waals surface area contributed by atoms with Gasteiger partial charge >= 0.3 is 0 Å². The van der Waals surface area contributed by atoms with Crippen molar-refractivity contribution in [3.05, 3.63) is 0 Å². The molecule has 16 heavy (non-hydrogen) atoms. The van der Waals surface area contributed by atoms with Gasteiger partial charge in [-0.25, -0.2) is 0 Å². The van der Waals surface area contributed by atoms with E-state index in [4.69, 9.17) is 4.74 Å². The highest BCUT2D eigenvalue weighted by molar-refractivity contribution is 4.70. The van der Waals surface area contributed by atoms with Crippen LogP contribution in [0.4, 0.5) is 0 Å². The topological polar surface area (TPSA) is 24.5 Å². The van der Waals surface area contributed by atoms with Crippen molar-refractivity contribution in [1.82, 2.24) is 10.2 Å². The van der Waals surface area contributed by atoms with Crippen LogP contribution < -0.4 is 5.32 Å². The summed E-state index contributed by atoms with van der Waals surface area (Å²) in [6.07, 6.45) is 2.56. The van der Waals surface area contributed by atoms with Gasteiger partial charge in [-0.05, 0) is 67.7 Å². The van der Waals surface area contributed by atoms with E-state index >= 15 is 0 Å². The maximum absolute atomic E-state index is 5.74. The number of rotatable bonds is 8. The van der Waals surface area contributed by atoms with Crippen LogP contribution in [0.1, 0.15) is 40.5 Å². The Hall–Kier alpha value is -0.120. The molecule has 0 rings (SSSR count). The SMILES string of the molecule is CC(CCNC(C)(C)C)OCCCN(C)C. The molecule has 0 aromatic rings. The number of hydrogen-bond acceptors (Lipinski definition) is 3. The van der Waals surface area contributed by atoms with E-state index < -0.39 is 0 Å². The Morgan fingerprint density at radius 3 is 2.38 bits per heavy atom. The van der Waals surface area contributed by atoms with E-state index in [0.29, 0.717) is 6.10 Å². The average molecular weight is 230 g/mol. The van der Waals surface area contributed by atoms with Gasteiger partial charge in [0.25, 0.3) is 0 Å². The van der Waals surface area contributed by atoms with Crippen molar-refractivity contribution in [1.29, 1.82) is 0 Å². The predicted molar refractivity (Wildman–Crippen MR) is 71.0 cm³/mol. The van der Waals surface area contributed by atoms with Crippen molar-refractivity contribution in [2.75, 3.05) is 33.8 Å².